The normalized spacial score (nSPS) is 10.7. The van der Waals surface area contributed by atoms with Gasteiger partial charge in [-0.15, -0.1) is 11.3 Å². The van der Waals surface area contributed by atoms with E-state index in [4.69, 9.17) is 4.74 Å². The van der Waals surface area contributed by atoms with Gasteiger partial charge in [-0.3, -0.25) is 4.79 Å². The van der Waals surface area contributed by atoms with Crippen LogP contribution in [0.4, 0.5) is 5.69 Å². The molecule has 0 aliphatic carbocycles. The molecule has 6 heteroatoms. The Balaban J connectivity index is 1.98. The Bertz CT molecular complexity index is 858. The molecule has 0 spiro atoms. The molecular weight excluding hydrogens is 298 g/mol. The zero-order valence-electron chi connectivity index (χ0n) is 12.5. The lowest BCUT2D eigenvalue weighted by molar-refractivity contribution is -0.114. The van der Waals surface area contributed by atoms with Gasteiger partial charge in [0.15, 0.2) is 0 Å². The van der Waals surface area contributed by atoms with Gasteiger partial charge in [-0.1, -0.05) is 6.07 Å². The van der Waals surface area contributed by atoms with Crippen LogP contribution in [0.15, 0.2) is 30.6 Å². The molecule has 0 bridgehead atoms. The highest BCUT2D eigenvalue weighted by atomic mass is 32.1. The molecule has 0 aliphatic rings. The van der Waals surface area contributed by atoms with Gasteiger partial charge in [0.25, 0.3) is 0 Å². The van der Waals surface area contributed by atoms with Gasteiger partial charge in [-0.25, -0.2) is 9.97 Å². The van der Waals surface area contributed by atoms with E-state index in [0.717, 1.165) is 15.8 Å². The molecular formula is C16H15N3O2S. The van der Waals surface area contributed by atoms with E-state index < -0.39 is 0 Å². The van der Waals surface area contributed by atoms with Crippen molar-refractivity contribution in [3.05, 3.63) is 41.0 Å². The number of carbonyl (C=O) groups excluding carboxylic acids is 1. The predicted octanol–water partition coefficient (Wildman–Crippen LogP) is 4.06. The Morgan fingerprint density at radius 1 is 1.27 bits per heavy atom. The molecule has 0 unspecified atom stereocenters. The van der Waals surface area contributed by atoms with Crippen molar-refractivity contribution in [2.24, 2.45) is 0 Å². The lowest BCUT2D eigenvalue weighted by Gasteiger charge is -2.08. The first-order valence-electron chi connectivity index (χ1n) is 6.81. The summed E-state index contributed by atoms with van der Waals surface area (Å²) in [6.45, 7) is 5.57. The molecule has 2 heterocycles. The topological polar surface area (TPSA) is 64.1 Å². The maximum atomic E-state index is 11.1. The molecule has 0 atom stereocenters. The second kappa shape index (κ2) is 5.73. The van der Waals surface area contributed by atoms with Crippen molar-refractivity contribution in [3.8, 4) is 11.6 Å². The molecule has 22 heavy (non-hydrogen) atoms. The first-order valence-corrected chi connectivity index (χ1v) is 7.62. The zero-order chi connectivity index (χ0) is 15.7. The number of fused-ring (bicyclic) bond motifs is 1. The van der Waals surface area contributed by atoms with Gasteiger partial charge >= 0.3 is 0 Å². The van der Waals surface area contributed by atoms with Gasteiger partial charge in [0, 0.05) is 23.6 Å². The minimum Gasteiger partial charge on any atom is -0.438 e. The van der Waals surface area contributed by atoms with Crippen molar-refractivity contribution < 1.29 is 9.53 Å². The third kappa shape index (κ3) is 2.78. The number of ether oxygens (including phenoxy) is 1. The highest BCUT2D eigenvalue weighted by Crippen LogP contribution is 2.35. The van der Waals surface area contributed by atoms with Gasteiger partial charge in [0.05, 0.1) is 5.39 Å². The van der Waals surface area contributed by atoms with Crippen LogP contribution in [-0.2, 0) is 4.79 Å². The molecule has 112 valence electrons. The third-order valence-corrected chi connectivity index (χ3v) is 4.41. The van der Waals surface area contributed by atoms with E-state index in [2.05, 4.69) is 22.2 Å². The quantitative estimate of drug-likeness (QED) is 0.792. The minimum absolute atomic E-state index is 0.120. The number of nitrogens with zero attached hydrogens (tertiary/aromatic N) is 2. The molecule has 2 aromatic heterocycles. The van der Waals surface area contributed by atoms with Crippen LogP contribution in [0, 0.1) is 13.8 Å². The van der Waals surface area contributed by atoms with Crippen LogP contribution in [0.2, 0.25) is 0 Å². The Morgan fingerprint density at radius 2 is 2.09 bits per heavy atom. The van der Waals surface area contributed by atoms with Crippen LogP contribution in [0.1, 0.15) is 17.4 Å². The summed E-state index contributed by atoms with van der Waals surface area (Å²) in [6.07, 6.45) is 1.50. The van der Waals surface area contributed by atoms with Crippen LogP contribution >= 0.6 is 11.3 Å². The van der Waals surface area contributed by atoms with Gasteiger partial charge < -0.3 is 10.1 Å². The molecule has 1 amide bonds. The molecule has 0 saturated carbocycles. The second-order valence-corrected chi connectivity index (χ2v) is 6.16. The van der Waals surface area contributed by atoms with E-state index in [-0.39, 0.29) is 5.91 Å². The number of thiophene rings is 1. The number of rotatable bonds is 3. The van der Waals surface area contributed by atoms with E-state index >= 15 is 0 Å². The molecule has 0 aliphatic heterocycles. The molecule has 3 aromatic rings. The number of benzene rings is 1. The van der Waals surface area contributed by atoms with Crippen molar-refractivity contribution in [3.63, 3.8) is 0 Å². The summed E-state index contributed by atoms with van der Waals surface area (Å²) in [4.78, 5) is 21.8. The lowest BCUT2D eigenvalue weighted by atomic mass is 10.2. The molecule has 1 aromatic carbocycles. The van der Waals surface area contributed by atoms with Crippen molar-refractivity contribution in [2.75, 3.05) is 5.32 Å². The Labute approximate surface area is 132 Å². The average Bonchev–Trinajstić information content (AvgIpc) is 2.75. The van der Waals surface area contributed by atoms with Crippen LogP contribution in [0.25, 0.3) is 10.2 Å². The van der Waals surface area contributed by atoms with Gasteiger partial charge in [-0.2, -0.15) is 0 Å². The predicted molar refractivity (Wildman–Crippen MR) is 87.7 cm³/mol. The number of carbonyl (C=O) groups is 1. The number of aromatic nitrogens is 2. The van der Waals surface area contributed by atoms with Crippen molar-refractivity contribution in [1.29, 1.82) is 0 Å². The number of amides is 1. The summed E-state index contributed by atoms with van der Waals surface area (Å²) in [5, 5.41) is 3.67. The van der Waals surface area contributed by atoms with Crippen LogP contribution in [0.5, 0.6) is 11.6 Å². The molecule has 0 fully saturated rings. The van der Waals surface area contributed by atoms with Crippen LogP contribution in [0.3, 0.4) is 0 Å². The largest absolute Gasteiger partial charge is 0.438 e. The van der Waals surface area contributed by atoms with E-state index in [1.54, 1.807) is 17.4 Å². The minimum atomic E-state index is -0.120. The molecule has 3 rings (SSSR count). The molecule has 1 N–H and O–H groups in total. The Morgan fingerprint density at radius 3 is 2.86 bits per heavy atom. The average molecular weight is 313 g/mol. The number of anilines is 1. The summed E-state index contributed by atoms with van der Waals surface area (Å²) in [6, 6.07) is 7.23. The van der Waals surface area contributed by atoms with E-state index in [1.807, 2.05) is 25.1 Å². The van der Waals surface area contributed by atoms with Crippen molar-refractivity contribution in [1.82, 2.24) is 9.97 Å². The highest BCUT2D eigenvalue weighted by Gasteiger charge is 2.13. The summed E-state index contributed by atoms with van der Waals surface area (Å²) < 4.78 is 5.91. The number of hydrogen-bond acceptors (Lipinski definition) is 5. The highest BCUT2D eigenvalue weighted by molar-refractivity contribution is 7.18. The Kier molecular flexibility index (Phi) is 3.77. The fourth-order valence-electron chi connectivity index (χ4n) is 2.18. The first-order chi connectivity index (χ1) is 10.5. The lowest BCUT2D eigenvalue weighted by Crippen LogP contribution is -2.05. The van der Waals surface area contributed by atoms with Gasteiger partial charge in [-0.05, 0) is 31.5 Å². The summed E-state index contributed by atoms with van der Waals surface area (Å²) in [7, 11) is 0. The van der Waals surface area contributed by atoms with Crippen molar-refractivity contribution in [2.45, 2.75) is 20.8 Å². The summed E-state index contributed by atoms with van der Waals surface area (Å²) in [5.74, 6) is 1.03. The third-order valence-electron chi connectivity index (χ3n) is 3.30. The maximum Gasteiger partial charge on any atom is 0.231 e. The zero-order valence-corrected chi connectivity index (χ0v) is 13.3. The standard InChI is InChI=1S/C16H15N3O2S/c1-9-10(2)22-16-14(9)15(17-8-18-16)21-13-6-4-5-12(7-13)19-11(3)20/h4-8H,1-3H3,(H,19,20). The van der Waals surface area contributed by atoms with Crippen LogP contribution < -0.4 is 10.1 Å². The monoisotopic (exact) mass is 313 g/mol. The van der Waals surface area contributed by atoms with Crippen LogP contribution in [-0.4, -0.2) is 15.9 Å². The Hall–Kier alpha value is -2.47. The molecule has 5 nitrogen and oxygen atoms in total. The fourth-order valence-corrected chi connectivity index (χ4v) is 3.17. The smallest absolute Gasteiger partial charge is 0.231 e. The fraction of sp³-hybridized carbons (Fsp3) is 0.188. The number of hydrogen-bond donors (Lipinski definition) is 1. The maximum absolute atomic E-state index is 11.1. The second-order valence-electron chi connectivity index (χ2n) is 4.95. The van der Waals surface area contributed by atoms with Crippen molar-refractivity contribution >= 4 is 33.1 Å². The summed E-state index contributed by atoms with van der Waals surface area (Å²) in [5.41, 5.74) is 1.82. The van der Waals surface area contributed by atoms with Gasteiger partial charge in [0.1, 0.15) is 16.9 Å². The first kappa shape index (κ1) is 14.5. The summed E-state index contributed by atoms with van der Waals surface area (Å²) >= 11 is 1.63. The SMILES string of the molecule is CC(=O)Nc1cccc(Oc2ncnc3sc(C)c(C)c23)c1. The number of nitrogens with one attached hydrogen (secondary N) is 1. The number of aryl methyl sites for hydroxylation is 2. The van der Waals surface area contributed by atoms with E-state index in [9.17, 15) is 4.79 Å². The van der Waals surface area contributed by atoms with E-state index in [1.165, 1.54) is 18.1 Å². The van der Waals surface area contributed by atoms with E-state index in [0.29, 0.717) is 17.3 Å². The molecule has 0 radical (unpaired) electrons. The molecule has 0 saturated heterocycles. The van der Waals surface area contributed by atoms with Gasteiger partial charge in [0.2, 0.25) is 11.8 Å².